The Morgan fingerprint density at radius 2 is 1.80 bits per heavy atom. The first-order valence-electron chi connectivity index (χ1n) is 5.92. The maximum atomic E-state index is 13.6. The third-order valence-corrected chi connectivity index (χ3v) is 2.90. The quantitative estimate of drug-likeness (QED) is 0.720. The average Bonchev–Trinajstić information content (AvgIpc) is 2.47. The number of hydrogen-bond donors (Lipinski definition) is 1. The van der Waals surface area contributed by atoms with Crippen molar-refractivity contribution in [1.29, 1.82) is 0 Å². The fraction of sp³-hybridized carbons (Fsp3) is 0. The number of aromatic nitrogens is 1. The first-order chi connectivity index (χ1) is 9.66. The van der Waals surface area contributed by atoms with Crippen molar-refractivity contribution in [3.8, 4) is 11.5 Å². The van der Waals surface area contributed by atoms with Crippen LogP contribution in [0.3, 0.4) is 0 Å². The zero-order valence-corrected chi connectivity index (χ0v) is 10.3. The molecular formula is C15H10F2N2O. The van der Waals surface area contributed by atoms with Gasteiger partial charge in [0, 0.05) is 11.6 Å². The molecule has 0 fully saturated rings. The molecule has 0 aliphatic carbocycles. The van der Waals surface area contributed by atoms with E-state index in [0.29, 0.717) is 22.3 Å². The molecule has 0 unspecified atom stereocenters. The lowest BCUT2D eigenvalue weighted by atomic mass is 10.1. The monoisotopic (exact) mass is 272 g/mol. The van der Waals surface area contributed by atoms with Crippen LogP contribution in [0.25, 0.3) is 10.9 Å². The van der Waals surface area contributed by atoms with Crippen molar-refractivity contribution in [3.63, 3.8) is 0 Å². The van der Waals surface area contributed by atoms with Crippen LogP contribution in [-0.4, -0.2) is 4.98 Å². The Kier molecular flexibility index (Phi) is 2.95. The molecule has 0 amide bonds. The third kappa shape index (κ3) is 2.03. The fourth-order valence-corrected chi connectivity index (χ4v) is 1.94. The minimum Gasteiger partial charge on any atom is -0.453 e. The van der Waals surface area contributed by atoms with Crippen LogP contribution in [0.2, 0.25) is 0 Å². The van der Waals surface area contributed by atoms with Crippen LogP contribution < -0.4 is 10.5 Å². The maximum Gasteiger partial charge on any atom is 0.201 e. The summed E-state index contributed by atoms with van der Waals surface area (Å²) in [6.07, 6.45) is 1.60. The summed E-state index contributed by atoms with van der Waals surface area (Å²) >= 11 is 0. The van der Waals surface area contributed by atoms with Crippen molar-refractivity contribution in [2.75, 3.05) is 5.73 Å². The van der Waals surface area contributed by atoms with Gasteiger partial charge in [0.1, 0.15) is 5.75 Å². The van der Waals surface area contributed by atoms with Crippen LogP contribution in [0.1, 0.15) is 0 Å². The Labute approximate surface area is 113 Å². The van der Waals surface area contributed by atoms with Gasteiger partial charge in [0.05, 0.1) is 11.2 Å². The number of pyridine rings is 1. The highest BCUT2D eigenvalue weighted by molar-refractivity contribution is 5.93. The molecule has 1 heterocycles. The molecule has 20 heavy (non-hydrogen) atoms. The Bertz CT molecular complexity index is 790. The van der Waals surface area contributed by atoms with E-state index in [2.05, 4.69) is 4.98 Å². The highest BCUT2D eigenvalue weighted by Crippen LogP contribution is 2.33. The molecule has 0 saturated heterocycles. The second-order valence-corrected chi connectivity index (χ2v) is 4.21. The van der Waals surface area contributed by atoms with Gasteiger partial charge in [-0.05, 0) is 36.4 Å². The minimum absolute atomic E-state index is 0.181. The number of anilines is 1. The number of hydrogen-bond acceptors (Lipinski definition) is 3. The minimum atomic E-state index is -1.03. The van der Waals surface area contributed by atoms with E-state index in [4.69, 9.17) is 10.5 Å². The standard InChI is InChI=1S/C15H10F2N2O/c16-10-4-1-5-13(14(10)17)20-12-7-6-11(18)15-9(12)3-2-8-19-15/h1-8H,18H2. The maximum absolute atomic E-state index is 13.6. The van der Waals surface area contributed by atoms with E-state index in [-0.39, 0.29) is 5.75 Å². The summed E-state index contributed by atoms with van der Waals surface area (Å²) in [6, 6.07) is 10.5. The van der Waals surface area contributed by atoms with Gasteiger partial charge < -0.3 is 10.5 Å². The normalized spacial score (nSPS) is 10.7. The highest BCUT2D eigenvalue weighted by atomic mass is 19.2. The van der Waals surface area contributed by atoms with Crippen molar-refractivity contribution in [1.82, 2.24) is 4.98 Å². The topological polar surface area (TPSA) is 48.1 Å². The van der Waals surface area contributed by atoms with E-state index in [1.165, 1.54) is 12.1 Å². The molecule has 3 rings (SSSR count). The number of fused-ring (bicyclic) bond motifs is 1. The van der Waals surface area contributed by atoms with Gasteiger partial charge >= 0.3 is 0 Å². The molecule has 0 aliphatic heterocycles. The van der Waals surface area contributed by atoms with Crippen LogP contribution in [0.4, 0.5) is 14.5 Å². The van der Waals surface area contributed by atoms with E-state index in [1.54, 1.807) is 30.5 Å². The van der Waals surface area contributed by atoms with Crippen molar-refractivity contribution < 1.29 is 13.5 Å². The van der Waals surface area contributed by atoms with Gasteiger partial charge in [-0.25, -0.2) is 4.39 Å². The molecule has 2 N–H and O–H groups in total. The zero-order valence-electron chi connectivity index (χ0n) is 10.3. The molecule has 0 aliphatic rings. The fourth-order valence-electron chi connectivity index (χ4n) is 1.94. The molecule has 1 aromatic heterocycles. The summed E-state index contributed by atoms with van der Waals surface area (Å²) in [7, 11) is 0. The van der Waals surface area contributed by atoms with Crippen LogP contribution in [0.15, 0.2) is 48.7 Å². The predicted octanol–water partition coefficient (Wildman–Crippen LogP) is 3.89. The Morgan fingerprint density at radius 3 is 2.65 bits per heavy atom. The summed E-state index contributed by atoms with van der Waals surface area (Å²) < 4.78 is 32.2. The summed E-state index contributed by atoms with van der Waals surface area (Å²) in [5.74, 6) is -1.80. The number of halogens is 2. The smallest absolute Gasteiger partial charge is 0.201 e. The summed E-state index contributed by atoms with van der Waals surface area (Å²) in [4.78, 5) is 4.15. The molecule has 0 spiro atoms. The van der Waals surface area contributed by atoms with Gasteiger partial charge in [-0.1, -0.05) is 6.07 Å². The summed E-state index contributed by atoms with van der Waals surface area (Å²) in [5.41, 5.74) is 6.87. The van der Waals surface area contributed by atoms with Crippen molar-refractivity contribution in [2.45, 2.75) is 0 Å². The van der Waals surface area contributed by atoms with Crippen LogP contribution in [-0.2, 0) is 0 Å². The first kappa shape index (κ1) is 12.3. The lowest BCUT2D eigenvalue weighted by Gasteiger charge is -2.10. The Hall–Kier alpha value is -2.69. The Balaban J connectivity index is 2.12. The first-order valence-corrected chi connectivity index (χ1v) is 5.92. The molecular weight excluding hydrogens is 262 g/mol. The molecule has 3 nitrogen and oxygen atoms in total. The Morgan fingerprint density at radius 1 is 0.950 bits per heavy atom. The predicted molar refractivity (Wildman–Crippen MR) is 72.6 cm³/mol. The van der Waals surface area contributed by atoms with Crippen LogP contribution >= 0.6 is 0 Å². The van der Waals surface area contributed by atoms with E-state index >= 15 is 0 Å². The van der Waals surface area contributed by atoms with Crippen LogP contribution in [0, 0.1) is 11.6 Å². The van der Waals surface area contributed by atoms with Crippen LogP contribution in [0.5, 0.6) is 11.5 Å². The molecule has 0 radical (unpaired) electrons. The molecule has 5 heteroatoms. The summed E-state index contributed by atoms with van der Waals surface area (Å²) in [5, 5.41) is 0.635. The largest absolute Gasteiger partial charge is 0.453 e. The average molecular weight is 272 g/mol. The van der Waals surface area contributed by atoms with E-state index in [9.17, 15) is 8.78 Å². The highest BCUT2D eigenvalue weighted by Gasteiger charge is 2.12. The number of nitrogens with zero attached hydrogens (tertiary/aromatic N) is 1. The van der Waals surface area contributed by atoms with Gasteiger partial charge in [0.25, 0.3) is 0 Å². The van der Waals surface area contributed by atoms with E-state index in [0.717, 1.165) is 6.07 Å². The van der Waals surface area contributed by atoms with E-state index < -0.39 is 11.6 Å². The number of nitrogen functional groups attached to an aromatic ring is 1. The zero-order chi connectivity index (χ0) is 14.1. The van der Waals surface area contributed by atoms with Gasteiger partial charge in [0.15, 0.2) is 11.6 Å². The van der Waals surface area contributed by atoms with Crippen molar-refractivity contribution >= 4 is 16.6 Å². The van der Waals surface area contributed by atoms with Gasteiger partial charge in [-0.15, -0.1) is 0 Å². The SMILES string of the molecule is Nc1ccc(Oc2cccc(F)c2F)c2cccnc12. The lowest BCUT2D eigenvalue weighted by Crippen LogP contribution is -1.95. The number of benzene rings is 2. The van der Waals surface area contributed by atoms with E-state index in [1.807, 2.05) is 0 Å². The molecule has 0 atom stereocenters. The van der Waals surface area contributed by atoms with Crippen molar-refractivity contribution in [3.05, 3.63) is 60.3 Å². The van der Waals surface area contributed by atoms with Gasteiger partial charge in [0.2, 0.25) is 5.82 Å². The van der Waals surface area contributed by atoms with Gasteiger partial charge in [-0.3, -0.25) is 4.98 Å². The molecule has 100 valence electrons. The second-order valence-electron chi connectivity index (χ2n) is 4.21. The number of nitrogens with two attached hydrogens (primary N) is 1. The molecule has 0 bridgehead atoms. The lowest BCUT2D eigenvalue weighted by molar-refractivity contribution is 0.419. The molecule has 3 aromatic rings. The van der Waals surface area contributed by atoms with Gasteiger partial charge in [-0.2, -0.15) is 4.39 Å². The molecule has 0 saturated carbocycles. The molecule has 2 aromatic carbocycles. The number of rotatable bonds is 2. The third-order valence-electron chi connectivity index (χ3n) is 2.90. The second kappa shape index (κ2) is 4.77. The number of ether oxygens (including phenoxy) is 1. The van der Waals surface area contributed by atoms with Crippen molar-refractivity contribution in [2.24, 2.45) is 0 Å². The summed E-state index contributed by atoms with van der Waals surface area (Å²) in [6.45, 7) is 0.